The fraction of sp³-hybridized carbons (Fsp3) is 0.316. The Kier molecular flexibility index (Phi) is 5.48. The van der Waals surface area contributed by atoms with E-state index >= 15 is 0 Å². The molecule has 1 saturated heterocycles. The first kappa shape index (κ1) is 17.9. The Morgan fingerprint density at radius 3 is 2.38 bits per heavy atom. The van der Waals surface area contributed by atoms with E-state index in [-0.39, 0.29) is 12.1 Å². The SMILES string of the molecule is O=C(O)[C@H](Cc1cccc([N+](=O)[O-])c1)N1CCN(c2ccccc2)CC1. The van der Waals surface area contributed by atoms with Crippen molar-refractivity contribution >= 4 is 17.3 Å². The molecule has 1 aliphatic heterocycles. The van der Waals surface area contributed by atoms with Crippen LogP contribution in [0.15, 0.2) is 54.6 Å². The molecule has 1 heterocycles. The molecule has 1 fully saturated rings. The second-order valence-electron chi connectivity index (χ2n) is 6.34. The van der Waals surface area contributed by atoms with E-state index in [1.54, 1.807) is 12.1 Å². The highest BCUT2D eigenvalue weighted by Gasteiger charge is 2.29. The van der Waals surface area contributed by atoms with Gasteiger partial charge in [-0.2, -0.15) is 0 Å². The number of benzene rings is 2. The molecule has 0 aliphatic carbocycles. The zero-order chi connectivity index (χ0) is 18.5. The van der Waals surface area contributed by atoms with Gasteiger partial charge in [0.25, 0.3) is 5.69 Å². The second-order valence-corrected chi connectivity index (χ2v) is 6.34. The van der Waals surface area contributed by atoms with Crippen LogP contribution in [0, 0.1) is 10.1 Å². The summed E-state index contributed by atoms with van der Waals surface area (Å²) in [5, 5.41) is 20.6. The molecular formula is C19H21N3O4. The van der Waals surface area contributed by atoms with Gasteiger partial charge in [-0.25, -0.2) is 0 Å². The number of hydrogen-bond donors (Lipinski definition) is 1. The number of nitro benzene ring substituents is 1. The number of rotatable bonds is 6. The molecule has 0 unspecified atom stereocenters. The molecular weight excluding hydrogens is 334 g/mol. The lowest BCUT2D eigenvalue weighted by Gasteiger charge is -2.38. The Morgan fingerprint density at radius 1 is 1.08 bits per heavy atom. The van der Waals surface area contributed by atoms with Crippen molar-refractivity contribution in [2.75, 3.05) is 31.1 Å². The summed E-state index contributed by atoms with van der Waals surface area (Å²) in [6.45, 7) is 2.78. The van der Waals surface area contributed by atoms with Crippen LogP contribution >= 0.6 is 0 Å². The van der Waals surface area contributed by atoms with Crippen molar-refractivity contribution in [3.8, 4) is 0 Å². The maximum atomic E-state index is 11.8. The molecule has 3 rings (SSSR count). The number of anilines is 1. The van der Waals surface area contributed by atoms with Crippen LogP contribution in [0.5, 0.6) is 0 Å². The summed E-state index contributed by atoms with van der Waals surface area (Å²) in [6, 6.07) is 15.6. The Hall–Kier alpha value is -2.93. The number of aliphatic carboxylic acids is 1. The van der Waals surface area contributed by atoms with E-state index in [1.165, 1.54) is 12.1 Å². The maximum absolute atomic E-state index is 11.8. The monoisotopic (exact) mass is 355 g/mol. The summed E-state index contributed by atoms with van der Waals surface area (Å²) >= 11 is 0. The lowest BCUT2D eigenvalue weighted by atomic mass is 10.0. The standard InChI is InChI=1S/C19H21N3O4/c23-19(24)18(14-15-5-4-8-17(13-15)22(25)26)21-11-9-20(10-12-21)16-6-2-1-3-7-16/h1-8,13,18H,9-12,14H2,(H,23,24)/t18-/m0/s1. The van der Waals surface area contributed by atoms with Crippen molar-refractivity contribution in [1.82, 2.24) is 4.90 Å². The quantitative estimate of drug-likeness (QED) is 0.632. The molecule has 0 amide bonds. The van der Waals surface area contributed by atoms with Gasteiger partial charge in [-0.05, 0) is 24.1 Å². The van der Waals surface area contributed by atoms with E-state index in [9.17, 15) is 20.0 Å². The maximum Gasteiger partial charge on any atom is 0.321 e. The van der Waals surface area contributed by atoms with E-state index in [1.807, 2.05) is 35.2 Å². The highest BCUT2D eigenvalue weighted by atomic mass is 16.6. The van der Waals surface area contributed by atoms with Crippen LogP contribution < -0.4 is 4.90 Å². The van der Waals surface area contributed by atoms with Crippen molar-refractivity contribution in [3.63, 3.8) is 0 Å². The third-order valence-corrected chi connectivity index (χ3v) is 4.71. The predicted octanol–water partition coefficient (Wildman–Crippen LogP) is 2.41. The van der Waals surface area contributed by atoms with Gasteiger partial charge in [0.1, 0.15) is 6.04 Å². The van der Waals surface area contributed by atoms with E-state index in [0.29, 0.717) is 18.7 Å². The van der Waals surface area contributed by atoms with E-state index < -0.39 is 16.9 Å². The summed E-state index contributed by atoms with van der Waals surface area (Å²) in [7, 11) is 0. The highest BCUT2D eigenvalue weighted by Crippen LogP contribution is 2.20. The molecule has 0 bridgehead atoms. The van der Waals surface area contributed by atoms with Crippen molar-refractivity contribution in [3.05, 3.63) is 70.3 Å². The number of nitro groups is 1. The molecule has 0 aromatic heterocycles. The Morgan fingerprint density at radius 2 is 1.77 bits per heavy atom. The van der Waals surface area contributed by atoms with E-state index in [2.05, 4.69) is 4.90 Å². The average molecular weight is 355 g/mol. The number of para-hydroxylation sites is 1. The first-order valence-electron chi connectivity index (χ1n) is 8.55. The molecule has 2 aromatic carbocycles. The normalized spacial score (nSPS) is 16.2. The molecule has 1 aliphatic rings. The zero-order valence-corrected chi connectivity index (χ0v) is 14.3. The first-order chi connectivity index (χ1) is 12.5. The molecule has 136 valence electrons. The molecule has 2 aromatic rings. The highest BCUT2D eigenvalue weighted by molar-refractivity contribution is 5.74. The summed E-state index contributed by atoms with van der Waals surface area (Å²) < 4.78 is 0. The van der Waals surface area contributed by atoms with Crippen LogP contribution in [-0.4, -0.2) is 53.1 Å². The van der Waals surface area contributed by atoms with Crippen LogP contribution in [0.25, 0.3) is 0 Å². The first-order valence-corrected chi connectivity index (χ1v) is 8.55. The number of carboxylic acid groups (broad SMARTS) is 1. The molecule has 26 heavy (non-hydrogen) atoms. The number of nitrogens with zero attached hydrogens (tertiary/aromatic N) is 3. The smallest absolute Gasteiger partial charge is 0.321 e. The van der Waals surface area contributed by atoms with Gasteiger partial charge in [0.15, 0.2) is 0 Å². The lowest BCUT2D eigenvalue weighted by Crippen LogP contribution is -2.53. The minimum atomic E-state index is -0.898. The largest absolute Gasteiger partial charge is 0.480 e. The number of piperazine rings is 1. The number of hydrogen-bond acceptors (Lipinski definition) is 5. The van der Waals surface area contributed by atoms with Crippen LogP contribution in [0.3, 0.4) is 0 Å². The van der Waals surface area contributed by atoms with Crippen LogP contribution in [0.1, 0.15) is 5.56 Å². The molecule has 0 saturated carbocycles. The van der Waals surface area contributed by atoms with Crippen LogP contribution in [0.4, 0.5) is 11.4 Å². The van der Waals surface area contributed by atoms with Gasteiger partial charge in [0.05, 0.1) is 4.92 Å². The van der Waals surface area contributed by atoms with Gasteiger partial charge >= 0.3 is 5.97 Å². The summed E-state index contributed by atoms with van der Waals surface area (Å²) in [5.74, 6) is -0.898. The van der Waals surface area contributed by atoms with Crippen LogP contribution in [-0.2, 0) is 11.2 Å². The predicted molar refractivity (Wildman–Crippen MR) is 98.5 cm³/mol. The van der Waals surface area contributed by atoms with E-state index in [4.69, 9.17) is 0 Å². The number of non-ortho nitro benzene ring substituents is 1. The third kappa shape index (κ3) is 4.18. The number of carbonyl (C=O) groups is 1. The minimum Gasteiger partial charge on any atom is -0.480 e. The van der Waals surface area contributed by atoms with Gasteiger partial charge in [0.2, 0.25) is 0 Å². The Bertz CT molecular complexity index is 773. The fourth-order valence-corrected chi connectivity index (χ4v) is 3.32. The van der Waals surface area contributed by atoms with Crippen LogP contribution in [0.2, 0.25) is 0 Å². The zero-order valence-electron chi connectivity index (χ0n) is 14.3. The molecule has 0 radical (unpaired) electrons. The summed E-state index contributed by atoms with van der Waals surface area (Å²) in [4.78, 5) is 26.4. The van der Waals surface area contributed by atoms with Gasteiger partial charge in [-0.3, -0.25) is 19.8 Å². The molecule has 0 spiro atoms. The molecule has 7 nitrogen and oxygen atoms in total. The van der Waals surface area contributed by atoms with Gasteiger partial charge in [-0.15, -0.1) is 0 Å². The Labute approximate surface area is 151 Å². The van der Waals surface area contributed by atoms with Crippen molar-refractivity contribution < 1.29 is 14.8 Å². The van der Waals surface area contributed by atoms with Crippen molar-refractivity contribution in [1.29, 1.82) is 0 Å². The topological polar surface area (TPSA) is 86.9 Å². The van der Waals surface area contributed by atoms with Crippen molar-refractivity contribution in [2.45, 2.75) is 12.5 Å². The molecule has 7 heteroatoms. The van der Waals surface area contributed by atoms with Crippen molar-refractivity contribution in [2.24, 2.45) is 0 Å². The minimum absolute atomic E-state index is 0.0134. The van der Waals surface area contributed by atoms with Gasteiger partial charge in [-0.1, -0.05) is 30.3 Å². The van der Waals surface area contributed by atoms with Gasteiger partial charge in [0, 0.05) is 44.0 Å². The molecule has 1 atom stereocenters. The average Bonchev–Trinajstić information content (AvgIpc) is 2.67. The van der Waals surface area contributed by atoms with Gasteiger partial charge < -0.3 is 10.0 Å². The Balaban J connectivity index is 1.67. The molecule has 1 N–H and O–H groups in total. The van der Waals surface area contributed by atoms with E-state index in [0.717, 1.165) is 18.8 Å². The third-order valence-electron chi connectivity index (χ3n) is 4.71. The fourth-order valence-electron chi connectivity index (χ4n) is 3.32. The lowest BCUT2D eigenvalue weighted by molar-refractivity contribution is -0.384. The second kappa shape index (κ2) is 7.97. The number of carboxylic acids is 1. The summed E-state index contributed by atoms with van der Waals surface area (Å²) in [5.41, 5.74) is 1.79. The summed E-state index contributed by atoms with van der Waals surface area (Å²) in [6.07, 6.45) is 0.252.